The zero-order valence-corrected chi connectivity index (χ0v) is 13.8. The molecule has 1 aromatic heterocycles. The molecule has 0 saturated heterocycles. The normalized spacial score (nSPS) is 21.5. The first-order valence-corrected chi connectivity index (χ1v) is 7.82. The number of benzene rings is 1. The average Bonchev–Trinajstić information content (AvgIpc) is 3.16. The Hall–Kier alpha value is -2.36. The molecule has 0 aliphatic heterocycles. The van der Waals surface area contributed by atoms with Gasteiger partial charge in [-0.3, -0.25) is 9.78 Å². The van der Waals surface area contributed by atoms with Crippen LogP contribution in [0.2, 0.25) is 0 Å². The number of rotatable bonds is 5. The van der Waals surface area contributed by atoms with Gasteiger partial charge >= 0.3 is 0 Å². The third kappa shape index (κ3) is 2.81. The van der Waals surface area contributed by atoms with E-state index in [2.05, 4.69) is 48.4 Å². The van der Waals surface area contributed by atoms with Gasteiger partial charge in [0.15, 0.2) is 0 Å². The number of nitrogens with one attached hydrogen (secondary N) is 1. The minimum absolute atomic E-state index is 0.00276. The lowest BCUT2D eigenvalue weighted by atomic mass is 9.88. The fourth-order valence-corrected chi connectivity index (χ4v) is 3.35. The van der Waals surface area contributed by atoms with Crippen LogP contribution in [0.5, 0.6) is 5.75 Å². The molecular formula is C19H22N2O2. The Morgan fingerprint density at radius 2 is 1.96 bits per heavy atom. The number of hydrogen-bond donors (Lipinski definition) is 1. The molecule has 4 nitrogen and oxygen atoms in total. The number of pyridine rings is 1. The topological polar surface area (TPSA) is 51.2 Å². The number of carbonyl (C=O) groups excluding carboxylic acids is 1. The van der Waals surface area contributed by atoms with Crippen molar-refractivity contribution < 1.29 is 9.53 Å². The summed E-state index contributed by atoms with van der Waals surface area (Å²) < 4.78 is 5.15. The first kappa shape index (κ1) is 15.5. The first-order valence-electron chi connectivity index (χ1n) is 7.82. The van der Waals surface area contributed by atoms with Crippen LogP contribution in [-0.4, -0.2) is 24.5 Å². The Morgan fingerprint density at radius 3 is 2.57 bits per heavy atom. The van der Waals surface area contributed by atoms with Crippen molar-refractivity contribution in [2.24, 2.45) is 5.41 Å². The number of ether oxygens (including phenoxy) is 1. The zero-order chi connectivity index (χ0) is 16.5. The molecule has 23 heavy (non-hydrogen) atoms. The van der Waals surface area contributed by atoms with Crippen molar-refractivity contribution in [1.82, 2.24) is 10.3 Å². The highest BCUT2D eigenvalue weighted by Gasteiger charge is 2.61. The Balaban J connectivity index is 1.75. The second-order valence-corrected chi connectivity index (χ2v) is 6.77. The Bertz CT molecular complexity index is 712. The van der Waals surface area contributed by atoms with Gasteiger partial charge in [0.25, 0.3) is 5.91 Å². The van der Waals surface area contributed by atoms with Gasteiger partial charge in [-0.2, -0.15) is 0 Å². The third-order valence-corrected chi connectivity index (χ3v) is 4.99. The molecule has 0 radical (unpaired) electrons. The molecule has 1 aliphatic rings. The van der Waals surface area contributed by atoms with Crippen molar-refractivity contribution in [2.45, 2.75) is 25.7 Å². The summed E-state index contributed by atoms with van der Waals surface area (Å²) in [7, 11) is 1.58. The minimum Gasteiger partial charge on any atom is -0.497 e. The smallest absolute Gasteiger partial charge is 0.270 e. The highest BCUT2D eigenvalue weighted by Crippen LogP contribution is 2.63. The van der Waals surface area contributed by atoms with Crippen LogP contribution in [0.25, 0.3) is 0 Å². The maximum Gasteiger partial charge on any atom is 0.270 e. The molecule has 1 saturated carbocycles. The quantitative estimate of drug-likeness (QED) is 0.923. The monoisotopic (exact) mass is 310 g/mol. The standard InChI is InChI=1S/C19H22N2O2/c1-18(2)12-19(18,14-7-5-4-6-8-14)13-21-17(22)16-11-15(23-3)9-10-20-16/h4-11H,12-13H2,1-3H3,(H,21,22)/t19-/m1/s1. The van der Waals surface area contributed by atoms with E-state index in [1.807, 2.05) is 6.07 Å². The van der Waals surface area contributed by atoms with Crippen LogP contribution in [0.15, 0.2) is 48.7 Å². The lowest BCUT2D eigenvalue weighted by Crippen LogP contribution is -2.35. The van der Waals surface area contributed by atoms with E-state index >= 15 is 0 Å². The third-order valence-electron chi connectivity index (χ3n) is 4.99. The molecule has 4 heteroatoms. The number of aromatic nitrogens is 1. The Morgan fingerprint density at radius 1 is 1.26 bits per heavy atom. The lowest BCUT2D eigenvalue weighted by Gasteiger charge is -2.21. The summed E-state index contributed by atoms with van der Waals surface area (Å²) >= 11 is 0. The summed E-state index contributed by atoms with van der Waals surface area (Å²) in [6.45, 7) is 5.10. The van der Waals surface area contributed by atoms with E-state index in [0.29, 0.717) is 18.0 Å². The molecule has 1 heterocycles. The molecule has 1 aliphatic carbocycles. The summed E-state index contributed by atoms with van der Waals surface area (Å²) in [4.78, 5) is 16.5. The summed E-state index contributed by atoms with van der Waals surface area (Å²) in [6, 6.07) is 13.8. The van der Waals surface area contributed by atoms with Crippen molar-refractivity contribution in [3.63, 3.8) is 0 Å². The zero-order valence-electron chi connectivity index (χ0n) is 13.8. The number of amides is 1. The average molecular weight is 310 g/mol. The van der Waals surface area contributed by atoms with E-state index in [1.54, 1.807) is 25.4 Å². The summed E-state index contributed by atoms with van der Waals surface area (Å²) in [5.74, 6) is 0.469. The number of methoxy groups -OCH3 is 1. The van der Waals surface area contributed by atoms with Crippen molar-refractivity contribution in [2.75, 3.05) is 13.7 Å². The molecule has 1 atom stereocenters. The molecule has 1 amide bonds. The molecule has 0 spiro atoms. The molecule has 0 unspecified atom stereocenters. The van der Waals surface area contributed by atoms with Gasteiger partial charge in [0.05, 0.1) is 7.11 Å². The van der Waals surface area contributed by atoms with Crippen molar-refractivity contribution >= 4 is 5.91 Å². The fourth-order valence-electron chi connectivity index (χ4n) is 3.35. The molecular weight excluding hydrogens is 288 g/mol. The number of hydrogen-bond acceptors (Lipinski definition) is 3. The highest BCUT2D eigenvalue weighted by atomic mass is 16.5. The van der Waals surface area contributed by atoms with Crippen LogP contribution in [0, 0.1) is 5.41 Å². The first-order chi connectivity index (χ1) is 11.0. The van der Waals surface area contributed by atoms with Gasteiger partial charge in [-0.05, 0) is 23.5 Å². The number of nitrogens with zero attached hydrogens (tertiary/aromatic N) is 1. The summed E-state index contributed by atoms with van der Waals surface area (Å²) in [5, 5.41) is 3.05. The minimum atomic E-state index is -0.165. The van der Waals surface area contributed by atoms with Crippen LogP contribution in [0.3, 0.4) is 0 Å². The van der Waals surface area contributed by atoms with Crippen LogP contribution in [0.4, 0.5) is 0 Å². The Labute approximate surface area is 136 Å². The van der Waals surface area contributed by atoms with Gasteiger partial charge in [0.2, 0.25) is 0 Å². The van der Waals surface area contributed by atoms with E-state index in [0.717, 1.165) is 6.42 Å². The van der Waals surface area contributed by atoms with Crippen LogP contribution >= 0.6 is 0 Å². The molecule has 0 bridgehead atoms. The van der Waals surface area contributed by atoms with Crippen molar-refractivity contribution in [3.8, 4) is 5.75 Å². The lowest BCUT2D eigenvalue weighted by molar-refractivity contribution is 0.0942. The molecule has 120 valence electrons. The Kier molecular flexibility index (Phi) is 3.84. The van der Waals surface area contributed by atoms with Gasteiger partial charge in [0, 0.05) is 24.2 Å². The van der Waals surface area contributed by atoms with E-state index in [4.69, 9.17) is 4.74 Å². The van der Waals surface area contributed by atoms with Gasteiger partial charge in [-0.15, -0.1) is 0 Å². The van der Waals surface area contributed by atoms with Gasteiger partial charge < -0.3 is 10.1 Å². The van der Waals surface area contributed by atoms with E-state index in [1.165, 1.54) is 5.56 Å². The molecule has 1 N–H and O–H groups in total. The van der Waals surface area contributed by atoms with Gasteiger partial charge in [-0.1, -0.05) is 44.2 Å². The molecule has 2 aromatic rings. The summed E-state index contributed by atoms with van der Waals surface area (Å²) in [6.07, 6.45) is 2.65. The highest BCUT2D eigenvalue weighted by molar-refractivity contribution is 5.92. The second kappa shape index (κ2) is 5.69. The van der Waals surface area contributed by atoms with E-state index < -0.39 is 0 Å². The number of carbonyl (C=O) groups is 1. The summed E-state index contributed by atoms with van der Waals surface area (Å²) in [5.41, 5.74) is 1.85. The van der Waals surface area contributed by atoms with Crippen molar-refractivity contribution in [3.05, 3.63) is 59.9 Å². The van der Waals surface area contributed by atoms with E-state index in [9.17, 15) is 4.79 Å². The second-order valence-electron chi connectivity index (χ2n) is 6.77. The van der Waals surface area contributed by atoms with Gasteiger partial charge in [-0.25, -0.2) is 0 Å². The van der Waals surface area contributed by atoms with Gasteiger partial charge in [0.1, 0.15) is 11.4 Å². The maximum atomic E-state index is 12.4. The van der Waals surface area contributed by atoms with Crippen LogP contribution in [0.1, 0.15) is 36.3 Å². The van der Waals surface area contributed by atoms with E-state index in [-0.39, 0.29) is 16.7 Å². The molecule has 1 aromatic carbocycles. The maximum absolute atomic E-state index is 12.4. The van der Waals surface area contributed by atoms with Crippen LogP contribution < -0.4 is 10.1 Å². The van der Waals surface area contributed by atoms with Crippen LogP contribution in [-0.2, 0) is 5.41 Å². The largest absolute Gasteiger partial charge is 0.497 e. The predicted molar refractivity (Wildman–Crippen MR) is 89.6 cm³/mol. The molecule has 1 fully saturated rings. The SMILES string of the molecule is COc1ccnc(C(=O)NC[C@@]2(c3ccccc3)CC2(C)C)c1. The fraction of sp³-hybridized carbons (Fsp3) is 0.368. The molecule has 3 rings (SSSR count). The van der Waals surface area contributed by atoms with Crippen molar-refractivity contribution in [1.29, 1.82) is 0 Å². The predicted octanol–water partition coefficient (Wildman–Crippen LogP) is 3.19.